The Morgan fingerprint density at radius 1 is 1.56 bits per heavy atom. The molecule has 1 heterocycles. The third-order valence-corrected chi connectivity index (χ3v) is 4.15. The summed E-state index contributed by atoms with van der Waals surface area (Å²) in [6, 6.07) is 2.06. The molecule has 4 heteroatoms. The molecule has 1 aromatic heterocycles. The van der Waals surface area contributed by atoms with Crippen LogP contribution in [0.2, 0.25) is 0 Å². The highest BCUT2D eigenvalue weighted by molar-refractivity contribution is 9.10. The minimum Gasteiger partial charge on any atom is -0.457 e. The van der Waals surface area contributed by atoms with Gasteiger partial charge >= 0.3 is 0 Å². The third-order valence-electron chi connectivity index (χ3n) is 3.73. The van der Waals surface area contributed by atoms with Crippen molar-refractivity contribution in [3.8, 4) is 0 Å². The van der Waals surface area contributed by atoms with E-state index in [0.29, 0.717) is 22.2 Å². The molecule has 1 aliphatic rings. The van der Waals surface area contributed by atoms with Gasteiger partial charge in [-0.2, -0.15) is 0 Å². The van der Waals surface area contributed by atoms with Crippen molar-refractivity contribution in [3.63, 3.8) is 0 Å². The molecule has 1 saturated carbocycles. The molecule has 2 atom stereocenters. The van der Waals surface area contributed by atoms with Crippen LogP contribution >= 0.6 is 15.9 Å². The summed E-state index contributed by atoms with van der Waals surface area (Å²) in [5.41, 5.74) is 0.600. The Morgan fingerprint density at radius 2 is 2.39 bits per heavy atom. The van der Waals surface area contributed by atoms with Crippen molar-refractivity contribution in [2.24, 2.45) is 5.92 Å². The number of amides is 1. The topological polar surface area (TPSA) is 42.2 Å². The van der Waals surface area contributed by atoms with Crippen LogP contribution in [0.4, 0.5) is 0 Å². The second-order valence-corrected chi connectivity index (χ2v) is 5.83. The number of rotatable bonds is 5. The second kappa shape index (κ2) is 6.41. The average Bonchev–Trinajstić information content (AvgIpc) is 2.96. The lowest BCUT2D eigenvalue weighted by Gasteiger charge is -2.20. The zero-order chi connectivity index (χ0) is 13.0. The molecule has 18 heavy (non-hydrogen) atoms. The van der Waals surface area contributed by atoms with Gasteiger partial charge in [-0.05, 0) is 41.1 Å². The first-order chi connectivity index (χ1) is 8.70. The SMILES string of the molecule is CCCCC1CCCC1NC(=O)c1coc(Br)c1. The molecule has 0 bridgehead atoms. The number of carbonyl (C=O) groups is 1. The van der Waals surface area contributed by atoms with E-state index < -0.39 is 0 Å². The van der Waals surface area contributed by atoms with Crippen LogP contribution in [0.5, 0.6) is 0 Å². The van der Waals surface area contributed by atoms with Crippen LogP contribution in [0.1, 0.15) is 55.8 Å². The van der Waals surface area contributed by atoms with E-state index in [9.17, 15) is 4.79 Å². The Morgan fingerprint density at radius 3 is 3.06 bits per heavy atom. The maximum atomic E-state index is 12.0. The van der Waals surface area contributed by atoms with Crippen LogP contribution in [0.3, 0.4) is 0 Å². The van der Waals surface area contributed by atoms with Gasteiger partial charge in [0.25, 0.3) is 5.91 Å². The van der Waals surface area contributed by atoms with Crippen molar-refractivity contribution < 1.29 is 9.21 Å². The fourth-order valence-corrected chi connectivity index (χ4v) is 3.06. The van der Waals surface area contributed by atoms with Crippen LogP contribution in [-0.4, -0.2) is 11.9 Å². The van der Waals surface area contributed by atoms with Gasteiger partial charge in [0, 0.05) is 12.1 Å². The zero-order valence-electron chi connectivity index (χ0n) is 10.7. The van der Waals surface area contributed by atoms with Crippen LogP contribution in [0.25, 0.3) is 0 Å². The number of carbonyl (C=O) groups excluding carboxylic acids is 1. The summed E-state index contributed by atoms with van der Waals surface area (Å²) in [7, 11) is 0. The summed E-state index contributed by atoms with van der Waals surface area (Å²) in [4.78, 5) is 12.0. The lowest BCUT2D eigenvalue weighted by molar-refractivity contribution is 0.0926. The Kier molecular flexibility index (Phi) is 4.87. The summed E-state index contributed by atoms with van der Waals surface area (Å²) >= 11 is 3.21. The van der Waals surface area contributed by atoms with Gasteiger partial charge in [0.15, 0.2) is 4.67 Å². The normalized spacial score (nSPS) is 23.2. The molecule has 0 spiro atoms. The quantitative estimate of drug-likeness (QED) is 0.888. The van der Waals surface area contributed by atoms with E-state index in [4.69, 9.17) is 4.42 Å². The Bertz CT molecular complexity index is 402. The van der Waals surface area contributed by atoms with Crippen LogP contribution in [0.15, 0.2) is 21.4 Å². The van der Waals surface area contributed by atoms with Gasteiger partial charge in [-0.15, -0.1) is 0 Å². The molecule has 0 aromatic carbocycles. The molecule has 0 radical (unpaired) electrons. The second-order valence-electron chi connectivity index (χ2n) is 5.05. The number of halogens is 1. The lowest BCUT2D eigenvalue weighted by Crippen LogP contribution is -2.37. The van der Waals surface area contributed by atoms with Gasteiger partial charge in [-0.1, -0.05) is 26.2 Å². The maximum Gasteiger partial charge on any atom is 0.254 e. The summed E-state index contributed by atoms with van der Waals surface area (Å²) in [5.74, 6) is 0.641. The smallest absolute Gasteiger partial charge is 0.254 e. The number of unbranched alkanes of at least 4 members (excludes halogenated alkanes) is 1. The van der Waals surface area contributed by atoms with Crippen molar-refractivity contribution in [1.29, 1.82) is 0 Å². The number of nitrogens with one attached hydrogen (secondary N) is 1. The van der Waals surface area contributed by atoms with Gasteiger partial charge in [0.05, 0.1) is 5.56 Å². The summed E-state index contributed by atoms with van der Waals surface area (Å²) in [6.07, 6.45) is 8.81. The van der Waals surface area contributed by atoms with Crippen molar-refractivity contribution in [2.75, 3.05) is 0 Å². The first kappa shape index (κ1) is 13.7. The van der Waals surface area contributed by atoms with Crippen LogP contribution < -0.4 is 5.32 Å². The van der Waals surface area contributed by atoms with E-state index in [1.807, 2.05) is 0 Å². The predicted octanol–water partition coefficient (Wildman–Crippen LogP) is 4.13. The number of hydrogen-bond acceptors (Lipinski definition) is 2. The fourth-order valence-electron chi connectivity index (χ4n) is 2.72. The van der Waals surface area contributed by atoms with E-state index in [2.05, 4.69) is 28.2 Å². The van der Waals surface area contributed by atoms with Crippen LogP contribution in [0, 0.1) is 5.92 Å². The van der Waals surface area contributed by atoms with Crippen molar-refractivity contribution in [1.82, 2.24) is 5.32 Å². The lowest BCUT2D eigenvalue weighted by atomic mass is 9.96. The van der Waals surface area contributed by atoms with Gasteiger partial charge in [0.2, 0.25) is 0 Å². The van der Waals surface area contributed by atoms with Crippen molar-refractivity contribution >= 4 is 21.8 Å². The van der Waals surface area contributed by atoms with E-state index in [1.54, 1.807) is 6.07 Å². The highest BCUT2D eigenvalue weighted by Crippen LogP contribution is 2.30. The molecule has 2 rings (SSSR count). The fraction of sp³-hybridized carbons (Fsp3) is 0.643. The van der Waals surface area contributed by atoms with Gasteiger partial charge in [-0.3, -0.25) is 4.79 Å². The Hall–Kier alpha value is -0.770. The molecule has 0 saturated heterocycles. The van der Waals surface area contributed by atoms with Crippen LogP contribution in [-0.2, 0) is 0 Å². The minimum atomic E-state index is -0.0159. The van der Waals surface area contributed by atoms with Gasteiger partial charge in [0.1, 0.15) is 6.26 Å². The molecule has 100 valence electrons. The number of furan rings is 1. The number of hydrogen-bond donors (Lipinski definition) is 1. The maximum absolute atomic E-state index is 12.0. The Labute approximate surface area is 116 Å². The Balaban J connectivity index is 1.90. The highest BCUT2D eigenvalue weighted by atomic mass is 79.9. The van der Waals surface area contributed by atoms with E-state index in [0.717, 1.165) is 6.42 Å². The molecule has 1 N–H and O–H groups in total. The molecule has 1 aliphatic carbocycles. The van der Waals surface area contributed by atoms with E-state index in [1.165, 1.54) is 38.4 Å². The molecule has 1 aromatic rings. The zero-order valence-corrected chi connectivity index (χ0v) is 12.3. The summed E-state index contributed by atoms with van der Waals surface area (Å²) < 4.78 is 5.70. The van der Waals surface area contributed by atoms with Gasteiger partial charge in [-0.25, -0.2) is 0 Å². The highest BCUT2D eigenvalue weighted by Gasteiger charge is 2.28. The largest absolute Gasteiger partial charge is 0.457 e. The first-order valence-electron chi connectivity index (χ1n) is 6.75. The summed E-state index contributed by atoms with van der Waals surface area (Å²) in [5, 5.41) is 3.15. The monoisotopic (exact) mass is 313 g/mol. The molecule has 1 amide bonds. The van der Waals surface area contributed by atoms with E-state index >= 15 is 0 Å². The predicted molar refractivity (Wildman–Crippen MR) is 74.5 cm³/mol. The molecular weight excluding hydrogens is 294 g/mol. The average molecular weight is 314 g/mol. The molecule has 1 fully saturated rings. The molecular formula is C14H20BrNO2. The molecule has 2 unspecified atom stereocenters. The van der Waals surface area contributed by atoms with Crippen molar-refractivity contribution in [2.45, 2.75) is 51.5 Å². The summed E-state index contributed by atoms with van der Waals surface area (Å²) in [6.45, 7) is 2.21. The molecule has 0 aliphatic heterocycles. The standard InChI is InChI=1S/C14H20BrNO2/c1-2-3-5-10-6-4-7-12(10)16-14(17)11-8-13(15)18-9-11/h8-10,12H,2-7H2,1H3,(H,16,17). The van der Waals surface area contributed by atoms with Gasteiger partial charge < -0.3 is 9.73 Å². The minimum absolute atomic E-state index is 0.0159. The van der Waals surface area contributed by atoms with E-state index in [-0.39, 0.29) is 5.91 Å². The first-order valence-corrected chi connectivity index (χ1v) is 7.55. The molecule has 3 nitrogen and oxygen atoms in total. The van der Waals surface area contributed by atoms with Crippen molar-refractivity contribution in [3.05, 3.63) is 22.6 Å². The third kappa shape index (κ3) is 3.37.